The standard InChI is InChI=1S/C21H29F3N6/c1-13(28(5)6)11-25-16(4)30-17-9-10-29(12-17)19-8-7-18(27-20(19)30)14(2)26-15(3)21(22,23)24/h7-8,15,17,25-26H,1-2,4,9-12H2,3,5-6H3/t15-,17?/m1/s1. The molecule has 0 aromatic carbocycles. The number of rotatable bonds is 8. The molecule has 6 nitrogen and oxygen atoms in total. The zero-order valence-electron chi connectivity index (χ0n) is 17.7. The van der Waals surface area contributed by atoms with Crippen LogP contribution in [0.1, 0.15) is 19.0 Å². The number of aromatic nitrogens is 1. The number of hydrogen-bond acceptors (Lipinski definition) is 6. The van der Waals surface area contributed by atoms with Crippen LogP contribution >= 0.6 is 0 Å². The van der Waals surface area contributed by atoms with Crippen LogP contribution in [0.15, 0.2) is 43.4 Å². The minimum absolute atomic E-state index is 0.134. The summed E-state index contributed by atoms with van der Waals surface area (Å²) in [4.78, 5) is 10.9. The largest absolute Gasteiger partial charge is 0.408 e. The van der Waals surface area contributed by atoms with Crippen LogP contribution in [0.25, 0.3) is 5.70 Å². The first-order valence-electron chi connectivity index (χ1n) is 9.84. The first-order valence-corrected chi connectivity index (χ1v) is 9.84. The van der Waals surface area contributed by atoms with Crippen LogP contribution in [0.4, 0.5) is 24.7 Å². The Morgan fingerprint density at radius 3 is 2.63 bits per heavy atom. The average Bonchev–Trinajstić information content (AvgIpc) is 3.09. The number of likely N-dealkylation sites (N-methyl/N-ethyl adjacent to an activating group) is 1. The Bertz CT molecular complexity index is 848. The van der Waals surface area contributed by atoms with Crippen molar-refractivity contribution in [3.8, 4) is 0 Å². The minimum Gasteiger partial charge on any atom is -0.380 e. The molecule has 2 atom stereocenters. The molecule has 2 aliphatic rings. The van der Waals surface area contributed by atoms with Gasteiger partial charge in [0.15, 0.2) is 5.82 Å². The van der Waals surface area contributed by atoms with Gasteiger partial charge in [-0.25, -0.2) is 4.98 Å². The highest BCUT2D eigenvalue weighted by molar-refractivity contribution is 5.76. The molecule has 0 saturated carbocycles. The molecule has 1 aromatic heterocycles. The van der Waals surface area contributed by atoms with E-state index in [4.69, 9.17) is 0 Å². The van der Waals surface area contributed by atoms with Crippen molar-refractivity contribution in [2.24, 2.45) is 0 Å². The van der Waals surface area contributed by atoms with Crippen LogP contribution in [0.5, 0.6) is 0 Å². The zero-order valence-corrected chi connectivity index (χ0v) is 17.7. The molecule has 30 heavy (non-hydrogen) atoms. The third-order valence-electron chi connectivity index (χ3n) is 5.56. The Balaban J connectivity index is 1.85. The van der Waals surface area contributed by atoms with Gasteiger partial charge in [-0.2, -0.15) is 13.2 Å². The number of fused-ring (bicyclic) bond motifs is 4. The second-order valence-corrected chi connectivity index (χ2v) is 7.94. The molecule has 1 aromatic rings. The molecule has 2 aliphatic heterocycles. The Hall–Kier alpha value is -2.84. The molecule has 9 heteroatoms. The quantitative estimate of drug-likeness (QED) is 0.671. The summed E-state index contributed by atoms with van der Waals surface area (Å²) in [6.45, 7) is 15.3. The fraction of sp³-hybridized carbons (Fsp3) is 0.476. The maximum Gasteiger partial charge on any atom is 0.408 e. The monoisotopic (exact) mass is 422 g/mol. The molecule has 2 N–H and O–H groups in total. The van der Waals surface area contributed by atoms with E-state index >= 15 is 0 Å². The molecule has 3 heterocycles. The van der Waals surface area contributed by atoms with E-state index in [0.717, 1.165) is 37.8 Å². The van der Waals surface area contributed by atoms with Gasteiger partial charge in [0, 0.05) is 32.9 Å². The van der Waals surface area contributed by atoms with E-state index in [2.05, 4.69) is 40.3 Å². The molecule has 1 unspecified atom stereocenters. The summed E-state index contributed by atoms with van der Waals surface area (Å²) in [7, 11) is 3.85. The molecule has 0 amide bonds. The van der Waals surface area contributed by atoms with Crippen molar-refractivity contribution in [2.45, 2.75) is 31.6 Å². The van der Waals surface area contributed by atoms with Crippen LogP contribution in [0.3, 0.4) is 0 Å². The SMILES string of the molecule is C=C(N[C@H](C)C(F)(F)F)c1ccc2c(n1)N(C(=C)NCC(=C)N(C)C)C1CCN2C1. The van der Waals surface area contributed by atoms with E-state index in [0.29, 0.717) is 23.9 Å². The summed E-state index contributed by atoms with van der Waals surface area (Å²) in [5.74, 6) is 1.37. The van der Waals surface area contributed by atoms with Crippen molar-refractivity contribution in [3.63, 3.8) is 0 Å². The number of anilines is 2. The van der Waals surface area contributed by atoms with Crippen molar-refractivity contribution in [3.05, 3.63) is 49.1 Å². The predicted molar refractivity (Wildman–Crippen MR) is 115 cm³/mol. The van der Waals surface area contributed by atoms with Crippen LogP contribution < -0.4 is 20.4 Å². The van der Waals surface area contributed by atoms with Crippen molar-refractivity contribution in [1.82, 2.24) is 20.5 Å². The van der Waals surface area contributed by atoms with Gasteiger partial charge >= 0.3 is 6.18 Å². The highest BCUT2D eigenvalue weighted by atomic mass is 19.4. The van der Waals surface area contributed by atoms with Crippen molar-refractivity contribution in [2.75, 3.05) is 43.5 Å². The van der Waals surface area contributed by atoms with Crippen LogP contribution in [0.2, 0.25) is 0 Å². The molecular formula is C21H29F3N6. The van der Waals surface area contributed by atoms with Gasteiger partial charge in [-0.1, -0.05) is 19.7 Å². The van der Waals surface area contributed by atoms with Gasteiger partial charge in [-0.05, 0) is 25.5 Å². The molecule has 3 rings (SSSR count). The Labute approximate surface area is 175 Å². The third kappa shape index (κ3) is 4.34. The molecular weight excluding hydrogens is 393 g/mol. The Morgan fingerprint density at radius 1 is 1.30 bits per heavy atom. The number of hydrogen-bond donors (Lipinski definition) is 2. The normalized spacial score (nSPS) is 18.5. The fourth-order valence-corrected chi connectivity index (χ4v) is 3.59. The van der Waals surface area contributed by atoms with Crippen molar-refractivity contribution >= 4 is 17.2 Å². The smallest absolute Gasteiger partial charge is 0.380 e. The van der Waals surface area contributed by atoms with Crippen LogP contribution in [-0.2, 0) is 0 Å². The minimum atomic E-state index is -4.36. The van der Waals surface area contributed by atoms with E-state index in [1.54, 1.807) is 6.07 Å². The lowest BCUT2D eigenvalue weighted by Crippen LogP contribution is -2.46. The van der Waals surface area contributed by atoms with E-state index < -0.39 is 12.2 Å². The number of halogens is 3. The molecule has 1 saturated heterocycles. The maximum atomic E-state index is 12.9. The van der Waals surface area contributed by atoms with Crippen molar-refractivity contribution in [1.29, 1.82) is 0 Å². The zero-order chi connectivity index (χ0) is 22.2. The third-order valence-corrected chi connectivity index (χ3v) is 5.56. The van der Waals surface area contributed by atoms with Crippen LogP contribution in [-0.4, -0.2) is 61.9 Å². The number of nitrogens with zero attached hydrogens (tertiary/aromatic N) is 4. The summed E-state index contributed by atoms with van der Waals surface area (Å²) < 4.78 is 38.7. The van der Waals surface area contributed by atoms with Gasteiger partial charge in [-0.15, -0.1) is 0 Å². The summed E-state index contributed by atoms with van der Waals surface area (Å²) in [5, 5.41) is 5.71. The topological polar surface area (TPSA) is 46.7 Å². The lowest BCUT2D eigenvalue weighted by Gasteiger charge is -2.38. The van der Waals surface area contributed by atoms with E-state index in [1.807, 2.05) is 30.0 Å². The fourth-order valence-electron chi connectivity index (χ4n) is 3.59. The summed E-state index contributed by atoms with van der Waals surface area (Å²) in [6.07, 6.45) is -3.41. The van der Waals surface area contributed by atoms with Crippen molar-refractivity contribution < 1.29 is 13.2 Å². The second-order valence-electron chi connectivity index (χ2n) is 7.94. The molecule has 2 bridgehead atoms. The average molecular weight is 422 g/mol. The number of alkyl halides is 3. The Kier molecular flexibility index (Phi) is 5.92. The first kappa shape index (κ1) is 21.9. The highest BCUT2D eigenvalue weighted by Crippen LogP contribution is 2.40. The Morgan fingerprint density at radius 2 is 2.00 bits per heavy atom. The van der Waals surface area contributed by atoms with Gasteiger partial charge in [-0.3, -0.25) is 0 Å². The lowest BCUT2D eigenvalue weighted by molar-refractivity contribution is -0.148. The molecule has 0 spiro atoms. The van der Waals surface area contributed by atoms with Gasteiger partial charge in [0.1, 0.15) is 11.9 Å². The van der Waals surface area contributed by atoms with Gasteiger partial charge in [0.25, 0.3) is 0 Å². The molecule has 0 aliphatic carbocycles. The predicted octanol–water partition coefficient (Wildman–Crippen LogP) is 3.13. The molecule has 164 valence electrons. The number of pyridine rings is 1. The summed E-state index contributed by atoms with van der Waals surface area (Å²) in [6, 6.07) is 2.08. The van der Waals surface area contributed by atoms with Gasteiger partial charge in [0.05, 0.1) is 29.7 Å². The van der Waals surface area contributed by atoms with Crippen LogP contribution in [0, 0.1) is 0 Å². The van der Waals surface area contributed by atoms with Gasteiger partial charge in [0.2, 0.25) is 0 Å². The van der Waals surface area contributed by atoms with E-state index in [1.165, 1.54) is 0 Å². The second kappa shape index (κ2) is 8.12. The maximum absolute atomic E-state index is 12.9. The molecule has 1 fully saturated rings. The summed E-state index contributed by atoms with van der Waals surface area (Å²) >= 11 is 0. The van der Waals surface area contributed by atoms with Gasteiger partial charge < -0.3 is 25.3 Å². The lowest BCUT2D eigenvalue weighted by atomic mass is 10.1. The van der Waals surface area contributed by atoms with E-state index in [9.17, 15) is 13.2 Å². The number of nitrogens with one attached hydrogen (secondary N) is 2. The summed E-state index contributed by atoms with van der Waals surface area (Å²) in [5.41, 5.74) is 2.36. The molecule has 0 radical (unpaired) electrons. The van der Waals surface area contributed by atoms with E-state index in [-0.39, 0.29) is 11.7 Å². The highest BCUT2D eigenvalue weighted by Gasteiger charge is 2.39. The first-order chi connectivity index (χ1) is 14.0.